The van der Waals surface area contributed by atoms with Gasteiger partial charge < -0.3 is 0 Å². The lowest BCUT2D eigenvalue weighted by atomic mass is 10.2. The third-order valence-corrected chi connectivity index (χ3v) is 3.77. The molecule has 0 saturated carbocycles. The maximum atomic E-state index is 6.24. The molecule has 3 heterocycles. The number of aromatic nitrogens is 3. The van der Waals surface area contributed by atoms with E-state index in [-0.39, 0.29) is 0 Å². The summed E-state index contributed by atoms with van der Waals surface area (Å²) in [6.07, 6.45) is 2.36. The van der Waals surface area contributed by atoms with Crippen LogP contribution in [0.3, 0.4) is 0 Å². The van der Waals surface area contributed by atoms with Crippen LogP contribution in [0.2, 0.25) is 5.15 Å². The van der Waals surface area contributed by atoms with E-state index < -0.39 is 0 Å². The predicted molar refractivity (Wildman–Crippen MR) is 67.2 cm³/mol. The van der Waals surface area contributed by atoms with E-state index in [1.807, 2.05) is 22.6 Å². The summed E-state index contributed by atoms with van der Waals surface area (Å²) in [6.45, 7) is 4.37. The molecule has 1 aliphatic heterocycles. The van der Waals surface area contributed by atoms with E-state index in [9.17, 15) is 0 Å². The third-order valence-electron chi connectivity index (χ3n) is 3.47. The van der Waals surface area contributed by atoms with Gasteiger partial charge in [0.15, 0.2) is 11.5 Å². The highest BCUT2D eigenvalue weighted by molar-refractivity contribution is 6.29. The lowest BCUT2D eigenvalue weighted by Gasteiger charge is -2.21. The topological polar surface area (TPSA) is 33.4 Å². The van der Waals surface area contributed by atoms with Crippen LogP contribution in [0.15, 0.2) is 18.2 Å². The Morgan fingerprint density at radius 2 is 2.29 bits per heavy atom. The summed E-state index contributed by atoms with van der Waals surface area (Å²) in [4.78, 5) is 2.43. The van der Waals surface area contributed by atoms with E-state index in [2.05, 4.69) is 22.0 Å². The molecule has 1 fully saturated rings. The summed E-state index contributed by atoms with van der Waals surface area (Å²) < 4.78 is 1.96. The molecule has 0 amide bonds. The molecule has 0 bridgehead atoms. The Morgan fingerprint density at radius 1 is 1.41 bits per heavy atom. The van der Waals surface area contributed by atoms with Crippen LogP contribution < -0.4 is 0 Å². The zero-order chi connectivity index (χ0) is 11.8. The molecule has 0 aliphatic carbocycles. The Balaban J connectivity index is 2.11. The predicted octanol–water partition coefficient (Wildman–Crippen LogP) is 2.54. The first-order chi connectivity index (χ1) is 8.31. The van der Waals surface area contributed by atoms with Gasteiger partial charge in [0.05, 0.1) is 6.04 Å². The number of pyridine rings is 1. The van der Waals surface area contributed by atoms with Crippen molar-refractivity contribution in [3.63, 3.8) is 0 Å². The van der Waals surface area contributed by atoms with Gasteiger partial charge in [-0.05, 0) is 38.1 Å². The average molecular weight is 251 g/mol. The van der Waals surface area contributed by atoms with Crippen molar-refractivity contribution < 1.29 is 0 Å². The summed E-state index contributed by atoms with van der Waals surface area (Å²) in [7, 11) is 0. The van der Waals surface area contributed by atoms with Crippen LogP contribution in [-0.4, -0.2) is 32.6 Å². The fraction of sp³-hybridized carbons (Fsp3) is 0.500. The van der Waals surface area contributed by atoms with Crippen molar-refractivity contribution in [2.24, 2.45) is 0 Å². The molecule has 2 aromatic heterocycles. The Morgan fingerprint density at radius 3 is 3.12 bits per heavy atom. The molecular formula is C12H15ClN4. The van der Waals surface area contributed by atoms with Gasteiger partial charge in [-0.25, -0.2) is 0 Å². The molecule has 4 nitrogen and oxygen atoms in total. The van der Waals surface area contributed by atoms with E-state index >= 15 is 0 Å². The Hall–Kier alpha value is -1.13. The van der Waals surface area contributed by atoms with Crippen molar-refractivity contribution in [1.82, 2.24) is 19.5 Å². The van der Waals surface area contributed by atoms with Crippen LogP contribution in [0.4, 0.5) is 0 Å². The monoisotopic (exact) mass is 250 g/mol. The van der Waals surface area contributed by atoms with Crippen LogP contribution in [0.5, 0.6) is 0 Å². The van der Waals surface area contributed by atoms with Gasteiger partial charge in [-0.1, -0.05) is 24.6 Å². The molecule has 0 spiro atoms. The van der Waals surface area contributed by atoms with Crippen molar-refractivity contribution >= 4 is 17.2 Å². The summed E-state index contributed by atoms with van der Waals surface area (Å²) >= 11 is 6.24. The molecule has 17 heavy (non-hydrogen) atoms. The van der Waals surface area contributed by atoms with Crippen molar-refractivity contribution in [3.05, 3.63) is 29.2 Å². The first kappa shape index (κ1) is 11.0. The fourth-order valence-corrected chi connectivity index (χ4v) is 2.88. The minimum atomic E-state index is 0.356. The first-order valence-electron chi connectivity index (χ1n) is 6.05. The number of halogens is 1. The summed E-state index contributed by atoms with van der Waals surface area (Å²) in [5.74, 6) is 0.977. The van der Waals surface area contributed by atoms with Gasteiger partial charge in [-0.15, -0.1) is 10.2 Å². The van der Waals surface area contributed by atoms with Gasteiger partial charge in [0.2, 0.25) is 0 Å². The van der Waals surface area contributed by atoms with E-state index in [4.69, 9.17) is 11.6 Å². The maximum Gasteiger partial charge on any atom is 0.161 e. The number of rotatable bonds is 2. The Bertz CT molecular complexity index is 536. The highest BCUT2D eigenvalue weighted by Crippen LogP contribution is 2.31. The van der Waals surface area contributed by atoms with Crippen LogP contribution in [0.25, 0.3) is 5.65 Å². The number of nitrogens with zero attached hydrogens (tertiary/aromatic N) is 4. The minimum absolute atomic E-state index is 0.356. The second kappa shape index (κ2) is 4.27. The highest BCUT2D eigenvalue weighted by Gasteiger charge is 2.29. The molecule has 1 saturated heterocycles. The zero-order valence-corrected chi connectivity index (χ0v) is 10.6. The third kappa shape index (κ3) is 1.72. The van der Waals surface area contributed by atoms with Gasteiger partial charge in [-0.2, -0.15) is 0 Å². The summed E-state index contributed by atoms with van der Waals surface area (Å²) in [5, 5.41) is 9.20. The van der Waals surface area contributed by atoms with E-state index in [0.29, 0.717) is 11.2 Å². The van der Waals surface area contributed by atoms with Gasteiger partial charge >= 0.3 is 0 Å². The normalized spacial score (nSPS) is 21.4. The van der Waals surface area contributed by atoms with E-state index in [1.54, 1.807) is 0 Å². The van der Waals surface area contributed by atoms with Gasteiger partial charge in [0.25, 0.3) is 0 Å². The summed E-state index contributed by atoms with van der Waals surface area (Å²) in [6, 6.07) is 6.08. The number of hydrogen-bond acceptors (Lipinski definition) is 3. The lowest BCUT2D eigenvalue weighted by Crippen LogP contribution is -2.24. The van der Waals surface area contributed by atoms with Gasteiger partial charge in [0, 0.05) is 0 Å². The first-order valence-corrected chi connectivity index (χ1v) is 6.42. The SMILES string of the molecule is CCN1CCCC1c1nnc2cccc(Cl)n12. The molecule has 0 radical (unpaired) electrons. The Kier molecular flexibility index (Phi) is 2.76. The molecule has 2 aromatic rings. The quantitative estimate of drug-likeness (QED) is 0.768. The van der Waals surface area contributed by atoms with Crippen LogP contribution in [0, 0.1) is 0 Å². The van der Waals surface area contributed by atoms with Gasteiger partial charge in [0.1, 0.15) is 5.15 Å². The van der Waals surface area contributed by atoms with Crippen molar-refractivity contribution in [1.29, 1.82) is 0 Å². The second-order valence-electron chi connectivity index (χ2n) is 4.39. The lowest BCUT2D eigenvalue weighted by molar-refractivity contribution is 0.261. The molecule has 1 unspecified atom stereocenters. The Labute approximate surface area is 105 Å². The fourth-order valence-electron chi connectivity index (χ4n) is 2.64. The largest absolute Gasteiger partial charge is 0.294 e. The standard InChI is InChI=1S/C12H15ClN4/c1-2-16-8-4-5-9(16)12-15-14-11-7-3-6-10(13)17(11)12/h3,6-7,9H,2,4-5,8H2,1H3. The minimum Gasteiger partial charge on any atom is -0.294 e. The summed E-state index contributed by atoms with van der Waals surface area (Å²) in [5.41, 5.74) is 0.829. The number of hydrogen-bond donors (Lipinski definition) is 0. The van der Waals surface area contributed by atoms with Crippen molar-refractivity contribution in [2.45, 2.75) is 25.8 Å². The van der Waals surface area contributed by atoms with Crippen LogP contribution >= 0.6 is 11.6 Å². The van der Waals surface area contributed by atoms with Crippen molar-refractivity contribution in [3.8, 4) is 0 Å². The molecule has 5 heteroatoms. The van der Waals surface area contributed by atoms with Gasteiger partial charge in [-0.3, -0.25) is 9.30 Å². The molecular weight excluding hydrogens is 236 g/mol. The molecule has 1 atom stereocenters. The number of fused-ring (bicyclic) bond motifs is 1. The molecule has 3 rings (SSSR count). The molecule has 1 aliphatic rings. The smallest absolute Gasteiger partial charge is 0.161 e. The average Bonchev–Trinajstić information content (AvgIpc) is 2.94. The molecule has 0 aromatic carbocycles. The highest BCUT2D eigenvalue weighted by atomic mass is 35.5. The maximum absolute atomic E-state index is 6.24. The molecule has 90 valence electrons. The van der Waals surface area contributed by atoms with E-state index in [1.165, 1.54) is 6.42 Å². The van der Waals surface area contributed by atoms with Crippen LogP contribution in [0.1, 0.15) is 31.6 Å². The number of likely N-dealkylation sites (tertiary alicyclic amines) is 1. The van der Waals surface area contributed by atoms with Crippen molar-refractivity contribution in [2.75, 3.05) is 13.1 Å². The second-order valence-corrected chi connectivity index (χ2v) is 4.77. The van der Waals surface area contributed by atoms with Crippen LogP contribution in [-0.2, 0) is 0 Å². The zero-order valence-electron chi connectivity index (χ0n) is 9.80. The molecule has 0 N–H and O–H groups in total. The van der Waals surface area contributed by atoms with E-state index in [0.717, 1.165) is 31.0 Å².